The van der Waals surface area contributed by atoms with Gasteiger partial charge in [-0.15, -0.1) is 0 Å². The first kappa shape index (κ1) is 31.8. The van der Waals surface area contributed by atoms with Crippen LogP contribution in [0.25, 0.3) is 0 Å². The summed E-state index contributed by atoms with van der Waals surface area (Å²) in [5.41, 5.74) is 3.96. The molecule has 3 atom stereocenters. The summed E-state index contributed by atoms with van der Waals surface area (Å²) in [6, 6.07) is 37.1. The summed E-state index contributed by atoms with van der Waals surface area (Å²) < 4.78 is 11.1. The molecule has 0 spiro atoms. The van der Waals surface area contributed by atoms with Gasteiger partial charge in [0.05, 0.1) is 12.7 Å². The minimum absolute atomic E-state index is 0.0306. The molecule has 0 aliphatic heterocycles. The van der Waals surface area contributed by atoms with Crippen molar-refractivity contribution in [1.82, 2.24) is 9.80 Å². The highest BCUT2D eigenvalue weighted by atomic mass is 16.6. The molecular formula is C36H40N2O5. The van der Waals surface area contributed by atoms with E-state index in [1.165, 1.54) is 7.11 Å². The summed E-state index contributed by atoms with van der Waals surface area (Å²) in [4.78, 5) is 31.3. The van der Waals surface area contributed by atoms with Crippen LogP contribution < -0.4 is 0 Å². The monoisotopic (exact) mass is 580 g/mol. The van der Waals surface area contributed by atoms with Crippen molar-refractivity contribution in [3.63, 3.8) is 0 Å². The lowest BCUT2D eigenvalue weighted by atomic mass is 10.1. The molecule has 0 radical (unpaired) electrons. The van der Waals surface area contributed by atoms with Gasteiger partial charge in [-0.25, -0.2) is 9.59 Å². The van der Waals surface area contributed by atoms with Crippen molar-refractivity contribution in [3.05, 3.63) is 144 Å². The van der Waals surface area contributed by atoms with E-state index in [9.17, 15) is 14.7 Å². The number of esters is 2. The fourth-order valence-electron chi connectivity index (χ4n) is 5.16. The SMILES string of the molecule is COC[C@@H](C(=O)OC(=O)C(C(C)O)N(Cc1ccccc1)Cc1ccccc1)N(Cc1ccccc1)Cc1ccccc1. The highest BCUT2D eigenvalue weighted by molar-refractivity contribution is 5.91. The van der Waals surface area contributed by atoms with Gasteiger partial charge in [0.2, 0.25) is 0 Å². The molecule has 0 heterocycles. The maximum absolute atomic E-state index is 13.8. The molecule has 1 N–H and O–H groups in total. The molecule has 43 heavy (non-hydrogen) atoms. The zero-order valence-corrected chi connectivity index (χ0v) is 24.8. The fraction of sp³-hybridized carbons (Fsp3) is 0.278. The summed E-state index contributed by atoms with van der Waals surface area (Å²) >= 11 is 0. The Bertz CT molecular complexity index is 1300. The van der Waals surface area contributed by atoms with E-state index in [1.54, 1.807) is 6.92 Å². The number of aliphatic hydroxyl groups excluding tert-OH is 1. The van der Waals surface area contributed by atoms with Gasteiger partial charge in [-0.05, 0) is 29.2 Å². The first-order valence-electron chi connectivity index (χ1n) is 14.5. The lowest BCUT2D eigenvalue weighted by molar-refractivity contribution is -0.171. The van der Waals surface area contributed by atoms with Crippen LogP contribution >= 0.6 is 0 Å². The highest BCUT2D eigenvalue weighted by Crippen LogP contribution is 2.20. The van der Waals surface area contributed by atoms with Crippen molar-refractivity contribution in [3.8, 4) is 0 Å². The first-order chi connectivity index (χ1) is 20.9. The lowest BCUT2D eigenvalue weighted by Crippen LogP contribution is -2.51. The molecule has 0 fully saturated rings. The van der Waals surface area contributed by atoms with E-state index in [2.05, 4.69) is 0 Å². The number of carbonyl (C=O) groups excluding carboxylic acids is 2. The van der Waals surface area contributed by atoms with Gasteiger partial charge in [0, 0.05) is 33.3 Å². The van der Waals surface area contributed by atoms with Gasteiger partial charge in [-0.3, -0.25) is 9.80 Å². The minimum Gasteiger partial charge on any atom is -0.391 e. The quantitative estimate of drug-likeness (QED) is 0.153. The van der Waals surface area contributed by atoms with E-state index in [0.717, 1.165) is 22.3 Å². The van der Waals surface area contributed by atoms with E-state index in [4.69, 9.17) is 9.47 Å². The number of hydrogen-bond acceptors (Lipinski definition) is 7. The van der Waals surface area contributed by atoms with E-state index in [-0.39, 0.29) is 6.61 Å². The largest absolute Gasteiger partial charge is 0.391 e. The number of methoxy groups -OCH3 is 1. The van der Waals surface area contributed by atoms with E-state index in [0.29, 0.717) is 26.2 Å². The van der Waals surface area contributed by atoms with Crippen molar-refractivity contribution in [2.24, 2.45) is 0 Å². The summed E-state index contributed by atoms with van der Waals surface area (Å²) in [5.74, 6) is -1.52. The van der Waals surface area contributed by atoms with Gasteiger partial charge in [-0.2, -0.15) is 0 Å². The molecule has 0 saturated carbocycles. The average molecular weight is 581 g/mol. The van der Waals surface area contributed by atoms with Crippen LogP contribution in [-0.2, 0) is 45.2 Å². The highest BCUT2D eigenvalue weighted by Gasteiger charge is 2.36. The van der Waals surface area contributed by atoms with Crippen LogP contribution in [0.5, 0.6) is 0 Å². The molecule has 0 saturated heterocycles. The third kappa shape index (κ3) is 9.70. The van der Waals surface area contributed by atoms with E-state index in [1.807, 2.05) is 131 Å². The summed E-state index contributed by atoms with van der Waals surface area (Å²) in [7, 11) is 1.52. The van der Waals surface area contributed by atoms with Gasteiger partial charge in [-0.1, -0.05) is 121 Å². The molecule has 0 bridgehead atoms. The van der Waals surface area contributed by atoms with E-state index < -0.39 is 30.1 Å². The van der Waals surface area contributed by atoms with Gasteiger partial charge >= 0.3 is 11.9 Å². The summed E-state index contributed by atoms with van der Waals surface area (Å²) in [5, 5.41) is 10.9. The molecule has 7 heteroatoms. The van der Waals surface area contributed by atoms with Gasteiger partial charge in [0.15, 0.2) is 0 Å². The third-order valence-electron chi connectivity index (χ3n) is 7.24. The molecule has 7 nitrogen and oxygen atoms in total. The Morgan fingerprint density at radius 2 is 0.953 bits per heavy atom. The Labute approximate surface area is 254 Å². The van der Waals surface area contributed by atoms with Crippen molar-refractivity contribution < 1.29 is 24.2 Å². The van der Waals surface area contributed by atoms with Gasteiger partial charge < -0.3 is 14.6 Å². The van der Waals surface area contributed by atoms with Crippen molar-refractivity contribution in [2.75, 3.05) is 13.7 Å². The zero-order chi connectivity index (χ0) is 30.4. The minimum atomic E-state index is -1.10. The number of benzene rings is 4. The van der Waals surface area contributed by atoms with Crippen LogP contribution in [0.2, 0.25) is 0 Å². The third-order valence-corrected chi connectivity index (χ3v) is 7.24. The standard InChI is InChI=1S/C36H40N2O5/c1-28(39)34(38(25-31-19-11-5-12-20-31)26-32-21-13-6-14-22-32)36(41)43-35(40)33(27-42-2)37(23-29-15-7-3-8-16-29)24-30-17-9-4-10-18-30/h3-22,28,33-34,39H,23-27H2,1-2H3/t28?,33-,34?/m0/s1. The molecule has 0 aromatic heterocycles. The molecule has 4 rings (SSSR count). The number of ether oxygens (including phenoxy) is 2. The first-order valence-corrected chi connectivity index (χ1v) is 14.5. The molecule has 4 aromatic carbocycles. The smallest absolute Gasteiger partial charge is 0.333 e. The topological polar surface area (TPSA) is 79.3 Å². The Morgan fingerprint density at radius 1 is 0.605 bits per heavy atom. The van der Waals surface area contributed by atoms with Crippen molar-refractivity contribution >= 4 is 11.9 Å². The molecule has 2 unspecified atom stereocenters. The second-order valence-electron chi connectivity index (χ2n) is 10.6. The van der Waals surface area contributed by atoms with Gasteiger partial charge in [0.1, 0.15) is 12.1 Å². The Balaban J connectivity index is 1.59. The van der Waals surface area contributed by atoms with Crippen LogP contribution in [0.4, 0.5) is 0 Å². The Kier molecular flexibility index (Phi) is 12.2. The summed E-state index contributed by atoms with van der Waals surface area (Å²) in [6.45, 7) is 3.22. The molecule has 0 aliphatic rings. The normalized spacial score (nSPS) is 13.4. The molecule has 0 amide bonds. The number of carbonyl (C=O) groups is 2. The van der Waals surface area contributed by atoms with Crippen LogP contribution in [0.3, 0.4) is 0 Å². The number of nitrogens with zero attached hydrogens (tertiary/aromatic N) is 2. The Morgan fingerprint density at radius 3 is 1.28 bits per heavy atom. The Hall–Kier alpha value is -4.14. The average Bonchev–Trinajstić information content (AvgIpc) is 3.01. The molecule has 224 valence electrons. The number of hydrogen-bond donors (Lipinski definition) is 1. The van der Waals surface area contributed by atoms with Crippen LogP contribution in [0.15, 0.2) is 121 Å². The van der Waals surface area contributed by atoms with Crippen LogP contribution in [0, 0.1) is 0 Å². The molecule has 0 aliphatic carbocycles. The maximum Gasteiger partial charge on any atom is 0.333 e. The fourth-order valence-corrected chi connectivity index (χ4v) is 5.16. The second kappa shape index (κ2) is 16.5. The molecule has 4 aromatic rings. The predicted octanol–water partition coefficient (Wildman–Crippen LogP) is 5.23. The van der Waals surface area contributed by atoms with Gasteiger partial charge in [0.25, 0.3) is 0 Å². The van der Waals surface area contributed by atoms with Crippen LogP contribution in [0.1, 0.15) is 29.2 Å². The number of aliphatic hydroxyl groups is 1. The van der Waals surface area contributed by atoms with E-state index >= 15 is 0 Å². The zero-order valence-electron chi connectivity index (χ0n) is 24.8. The predicted molar refractivity (Wildman–Crippen MR) is 166 cm³/mol. The van der Waals surface area contributed by atoms with Crippen LogP contribution in [-0.4, -0.2) is 58.7 Å². The molecular weight excluding hydrogens is 540 g/mol. The van der Waals surface area contributed by atoms with Crippen molar-refractivity contribution in [2.45, 2.75) is 51.3 Å². The maximum atomic E-state index is 13.8. The second-order valence-corrected chi connectivity index (χ2v) is 10.6. The summed E-state index contributed by atoms with van der Waals surface area (Å²) in [6.07, 6.45) is -1.10. The van der Waals surface area contributed by atoms with Crippen molar-refractivity contribution in [1.29, 1.82) is 0 Å². The lowest BCUT2D eigenvalue weighted by Gasteiger charge is -2.33. The number of rotatable bonds is 15.